The standard InChI is InChI=1S/C23H32N4O3/c1-14(2)17-10-7-15(3)11-20(17)30-13-21(28)24-25-22(29)18-12-19(16-8-9-16)27(26-18)23(4,5)6/h7,10-12,14,16H,8-9,13H2,1-6H3,(H,24,28)(H,25,29). The van der Waals surface area contributed by atoms with E-state index in [1.807, 2.05) is 35.9 Å². The Morgan fingerprint density at radius 3 is 2.50 bits per heavy atom. The van der Waals surface area contributed by atoms with Gasteiger partial charge in [-0.05, 0) is 69.7 Å². The highest BCUT2D eigenvalue weighted by Crippen LogP contribution is 2.41. The van der Waals surface area contributed by atoms with E-state index in [4.69, 9.17) is 4.74 Å². The van der Waals surface area contributed by atoms with E-state index in [0.29, 0.717) is 17.4 Å². The molecule has 7 heteroatoms. The van der Waals surface area contributed by atoms with Crippen LogP contribution in [0, 0.1) is 6.92 Å². The summed E-state index contributed by atoms with van der Waals surface area (Å²) in [5, 5.41) is 4.48. The largest absolute Gasteiger partial charge is 0.483 e. The van der Waals surface area contributed by atoms with Gasteiger partial charge < -0.3 is 4.74 Å². The topological polar surface area (TPSA) is 85.3 Å². The molecule has 2 N–H and O–H groups in total. The summed E-state index contributed by atoms with van der Waals surface area (Å²) >= 11 is 0. The average molecular weight is 413 g/mol. The van der Waals surface area contributed by atoms with Crippen molar-refractivity contribution in [2.45, 2.75) is 71.8 Å². The third-order valence-electron chi connectivity index (χ3n) is 5.07. The smallest absolute Gasteiger partial charge is 0.290 e. The Bertz CT molecular complexity index is 936. The number of hydrogen-bond donors (Lipinski definition) is 2. The number of benzene rings is 1. The molecule has 3 rings (SSSR count). The van der Waals surface area contributed by atoms with Gasteiger partial charge in [-0.3, -0.25) is 25.1 Å². The van der Waals surface area contributed by atoms with Crippen LogP contribution >= 0.6 is 0 Å². The first-order valence-electron chi connectivity index (χ1n) is 10.5. The molecule has 1 aromatic heterocycles. The lowest BCUT2D eigenvalue weighted by molar-refractivity contribution is -0.123. The number of carbonyl (C=O) groups is 2. The van der Waals surface area contributed by atoms with E-state index in [9.17, 15) is 9.59 Å². The molecule has 0 bridgehead atoms. The lowest BCUT2D eigenvalue weighted by atomic mass is 10.0. The number of aromatic nitrogens is 2. The fourth-order valence-corrected chi connectivity index (χ4v) is 3.33. The quantitative estimate of drug-likeness (QED) is 0.707. The first kappa shape index (κ1) is 21.9. The molecule has 0 aliphatic heterocycles. The van der Waals surface area contributed by atoms with E-state index in [2.05, 4.69) is 50.6 Å². The number of aryl methyl sites for hydroxylation is 1. The highest BCUT2D eigenvalue weighted by molar-refractivity contribution is 5.94. The van der Waals surface area contributed by atoms with Crippen molar-refractivity contribution in [2.75, 3.05) is 6.61 Å². The Labute approximate surface area is 178 Å². The van der Waals surface area contributed by atoms with Crippen LogP contribution in [0.25, 0.3) is 0 Å². The predicted molar refractivity (Wildman–Crippen MR) is 116 cm³/mol. The van der Waals surface area contributed by atoms with Gasteiger partial charge in [0.05, 0.1) is 5.54 Å². The lowest BCUT2D eigenvalue weighted by Crippen LogP contribution is -2.44. The maximum Gasteiger partial charge on any atom is 0.290 e. The number of ether oxygens (including phenoxy) is 1. The summed E-state index contributed by atoms with van der Waals surface area (Å²) in [4.78, 5) is 24.7. The van der Waals surface area contributed by atoms with E-state index >= 15 is 0 Å². The molecular formula is C23H32N4O3. The Morgan fingerprint density at radius 2 is 1.90 bits per heavy atom. The molecule has 162 valence electrons. The summed E-state index contributed by atoms with van der Waals surface area (Å²) in [5.74, 6) is 0.557. The van der Waals surface area contributed by atoms with Crippen LogP contribution in [0.3, 0.4) is 0 Å². The fraction of sp³-hybridized carbons (Fsp3) is 0.522. The highest BCUT2D eigenvalue weighted by atomic mass is 16.5. The molecule has 0 atom stereocenters. The van der Waals surface area contributed by atoms with Gasteiger partial charge in [0, 0.05) is 11.6 Å². The first-order chi connectivity index (χ1) is 14.1. The summed E-state index contributed by atoms with van der Waals surface area (Å²) in [7, 11) is 0. The SMILES string of the molecule is Cc1ccc(C(C)C)c(OCC(=O)NNC(=O)c2cc(C3CC3)n(C(C)(C)C)n2)c1. The van der Waals surface area contributed by atoms with Crippen LogP contribution in [-0.2, 0) is 10.3 Å². The van der Waals surface area contributed by atoms with Gasteiger partial charge in [-0.2, -0.15) is 5.10 Å². The normalized spacial score (nSPS) is 14.0. The number of nitrogens with one attached hydrogen (secondary N) is 2. The molecule has 1 aliphatic carbocycles. The van der Waals surface area contributed by atoms with Crippen LogP contribution in [0.2, 0.25) is 0 Å². The number of carbonyl (C=O) groups excluding carboxylic acids is 2. The second kappa shape index (κ2) is 8.50. The first-order valence-corrected chi connectivity index (χ1v) is 10.5. The van der Waals surface area contributed by atoms with Gasteiger partial charge in [-0.15, -0.1) is 0 Å². The van der Waals surface area contributed by atoms with Crippen LogP contribution < -0.4 is 15.6 Å². The Morgan fingerprint density at radius 1 is 1.20 bits per heavy atom. The second-order valence-electron chi connectivity index (χ2n) is 9.30. The van der Waals surface area contributed by atoms with Crippen LogP contribution in [0.1, 0.15) is 86.6 Å². The van der Waals surface area contributed by atoms with E-state index in [1.54, 1.807) is 0 Å². The molecular weight excluding hydrogens is 380 g/mol. The van der Waals surface area contributed by atoms with Crippen LogP contribution in [-0.4, -0.2) is 28.2 Å². The molecule has 0 radical (unpaired) electrons. The van der Waals surface area contributed by atoms with Gasteiger partial charge in [0.1, 0.15) is 5.75 Å². The van der Waals surface area contributed by atoms with Crippen molar-refractivity contribution in [3.05, 3.63) is 46.8 Å². The zero-order chi connectivity index (χ0) is 22.1. The molecule has 1 aliphatic rings. The molecule has 7 nitrogen and oxygen atoms in total. The van der Waals surface area contributed by atoms with E-state index in [1.165, 1.54) is 0 Å². The fourth-order valence-electron chi connectivity index (χ4n) is 3.33. The molecule has 1 fully saturated rings. The third-order valence-corrected chi connectivity index (χ3v) is 5.07. The monoisotopic (exact) mass is 412 g/mol. The van der Waals surface area contributed by atoms with Gasteiger partial charge in [-0.25, -0.2) is 0 Å². The van der Waals surface area contributed by atoms with Crippen molar-refractivity contribution in [3.63, 3.8) is 0 Å². The molecule has 1 aromatic carbocycles. The summed E-state index contributed by atoms with van der Waals surface area (Å²) < 4.78 is 7.62. The average Bonchev–Trinajstić information content (AvgIpc) is 3.40. The highest BCUT2D eigenvalue weighted by Gasteiger charge is 2.32. The van der Waals surface area contributed by atoms with Crippen molar-refractivity contribution in [3.8, 4) is 5.75 Å². The maximum absolute atomic E-state index is 12.5. The van der Waals surface area contributed by atoms with Gasteiger partial charge >= 0.3 is 0 Å². The molecule has 2 aromatic rings. The van der Waals surface area contributed by atoms with Crippen molar-refractivity contribution in [2.24, 2.45) is 0 Å². The van der Waals surface area contributed by atoms with Crippen LogP contribution in [0.5, 0.6) is 5.75 Å². The van der Waals surface area contributed by atoms with Gasteiger partial charge in [-0.1, -0.05) is 26.0 Å². The minimum Gasteiger partial charge on any atom is -0.483 e. The molecule has 2 amide bonds. The van der Waals surface area contributed by atoms with Crippen LogP contribution in [0.15, 0.2) is 24.3 Å². The summed E-state index contributed by atoms with van der Waals surface area (Å²) in [6.45, 7) is 12.1. The molecule has 0 spiro atoms. The predicted octanol–water partition coefficient (Wildman–Crippen LogP) is 3.79. The minimum atomic E-state index is -0.438. The van der Waals surface area contributed by atoms with E-state index in [0.717, 1.165) is 29.7 Å². The van der Waals surface area contributed by atoms with E-state index in [-0.39, 0.29) is 18.1 Å². The molecule has 1 heterocycles. The Balaban J connectivity index is 1.58. The van der Waals surface area contributed by atoms with Gasteiger partial charge in [0.15, 0.2) is 12.3 Å². The van der Waals surface area contributed by atoms with Crippen LogP contribution in [0.4, 0.5) is 0 Å². The second-order valence-corrected chi connectivity index (χ2v) is 9.30. The number of nitrogens with zero attached hydrogens (tertiary/aromatic N) is 2. The zero-order valence-electron chi connectivity index (χ0n) is 18.7. The Hall–Kier alpha value is -2.83. The summed E-state index contributed by atoms with van der Waals surface area (Å²) in [6, 6.07) is 7.77. The van der Waals surface area contributed by atoms with Crippen molar-refractivity contribution in [1.82, 2.24) is 20.6 Å². The van der Waals surface area contributed by atoms with Gasteiger partial charge in [0.25, 0.3) is 11.8 Å². The molecule has 0 unspecified atom stereocenters. The van der Waals surface area contributed by atoms with Crippen molar-refractivity contribution >= 4 is 11.8 Å². The Kier molecular flexibility index (Phi) is 6.19. The summed E-state index contributed by atoms with van der Waals surface area (Å²) in [5.41, 5.74) is 8.11. The number of amides is 2. The van der Waals surface area contributed by atoms with Crippen molar-refractivity contribution in [1.29, 1.82) is 0 Å². The molecule has 0 saturated heterocycles. The zero-order valence-corrected chi connectivity index (χ0v) is 18.7. The molecule has 30 heavy (non-hydrogen) atoms. The lowest BCUT2D eigenvalue weighted by Gasteiger charge is -2.22. The summed E-state index contributed by atoms with van der Waals surface area (Å²) in [6.07, 6.45) is 2.24. The molecule has 1 saturated carbocycles. The van der Waals surface area contributed by atoms with E-state index < -0.39 is 11.8 Å². The van der Waals surface area contributed by atoms with Crippen molar-refractivity contribution < 1.29 is 14.3 Å². The number of hydrogen-bond acceptors (Lipinski definition) is 4. The third kappa shape index (κ3) is 5.20. The van der Waals surface area contributed by atoms with Gasteiger partial charge in [0.2, 0.25) is 0 Å². The number of hydrazine groups is 1. The number of rotatable bonds is 6. The maximum atomic E-state index is 12.5. The minimum absolute atomic E-state index is 0.187.